The maximum atomic E-state index is 11.2. The summed E-state index contributed by atoms with van der Waals surface area (Å²) in [7, 11) is 1.66. The molecule has 1 aromatic heterocycles. The summed E-state index contributed by atoms with van der Waals surface area (Å²) in [6.07, 6.45) is 1.77. The first-order valence-corrected chi connectivity index (χ1v) is 8.61. The third-order valence-electron chi connectivity index (χ3n) is 3.59. The summed E-state index contributed by atoms with van der Waals surface area (Å²) in [6.45, 7) is 6.17. The molecule has 2 aromatic rings. The van der Waals surface area contributed by atoms with Gasteiger partial charge in [-0.15, -0.1) is 23.1 Å². The van der Waals surface area contributed by atoms with Crippen molar-refractivity contribution in [1.82, 2.24) is 4.98 Å². The number of aromatic nitrogens is 1. The van der Waals surface area contributed by atoms with Crippen molar-refractivity contribution in [1.29, 1.82) is 0 Å². The van der Waals surface area contributed by atoms with Crippen LogP contribution in [0.3, 0.4) is 0 Å². The summed E-state index contributed by atoms with van der Waals surface area (Å²) in [5.74, 6) is 1.43. The molecule has 21 heavy (non-hydrogen) atoms. The van der Waals surface area contributed by atoms with Gasteiger partial charge in [0.2, 0.25) is 0 Å². The van der Waals surface area contributed by atoms with Crippen molar-refractivity contribution in [3.63, 3.8) is 0 Å². The molecule has 5 heteroatoms. The molecule has 3 nitrogen and oxygen atoms in total. The van der Waals surface area contributed by atoms with E-state index in [1.165, 1.54) is 11.3 Å². The van der Waals surface area contributed by atoms with Gasteiger partial charge < -0.3 is 9.84 Å². The molecule has 114 valence electrons. The fourth-order valence-electron chi connectivity index (χ4n) is 1.94. The molecular weight excluding hydrogens is 302 g/mol. The molecule has 1 N–H and O–H groups in total. The van der Waals surface area contributed by atoms with E-state index in [2.05, 4.69) is 25.8 Å². The highest BCUT2D eigenvalue weighted by atomic mass is 32.2. The van der Waals surface area contributed by atoms with Crippen LogP contribution in [0.2, 0.25) is 0 Å². The monoisotopic (exact) mass is 323 g/mol. The van der Waals surface area contributed by atoms with Gasteiger partial charge in [0.1, 0.15) is 11.4 Å². The van der Waals surface area contributed by atoms with E-state index >= 15 is 0 Å². The van der Waals surface area contributed by atoms with Crippen LogP contribution in [0.4, 0.5) is 0 Å². The molecule has 0 saturated carbocycles. The summed E-state index contributed by atoms with van der Waals surface area (Å²) >= 11 is 3.15. The van der Waals surface area contributed by atoms with E-state index in [0.29, 0.717) is 5.75 Å². The number of hydrogen-bond acceptors (Lipinski definition) is 5. The van der Waals surface area contributed by atoms with Crippen LogP contribution >= 0.6 is 23.1 Å². The third kappa shape index (κ3) is 3.59. The quantitative estimate of drug-likeness (QED) is 0.838. The largest absolute Gasteiger partial charge is 0.497 e. The van der Waals surface area contributed by atoms with Crippen LogP contribution in [0.1, 0.15) is 25.6 Å². The fraction of sp³-hybridized carbons (Fsp3) is 0.438. The number of nitrogens with zero attached hydrogens (tertiary/aromatic N) is 1. The number of rotatable bonds is 5. The van der Waals surface area contributed by atoms with Gasteiger partial charge in [0.05, 0.1) is 17.5 Å². The Morgan fingerprint density at radius 1 is 1.24 bits per heavy atom. The van der Waals surface area contributed by atoms with Gasteiger partial charge in [-0.3, -0.25) is 4.98 Å². The zero-order chi connectivity index (χ0) is 15.5. The summed E-state index contributed by atoms with van der Waals surface area (Å²) in [5, 5.41) is 11.2. The normalized spacial score (nSPS) is 14.7. The molecule has 0 bridgehead atoms. The van der Waals surface area contributed by atoms with Crippen LogP contribution in [0, 0.1) is 5.41 Å². The molecule has 0 fully saturated rings. The zero-order valence-corrected chi connectivity index (χ0v) is 14.4. The molecule has 0 saturated heterocycles. The van der Waals surface area contributed by atoms with Gasteiger partial charge in [-0.05, 0) is 29.7 Å². The van der Waals surface area contributed by atoms with E-state index in [-0.39, 0.29) is 5.41 Å². The molecule has 1 heterocycles. The predicted octanol–water partition coefficient (Wildman–Crippen LogP) is 4.18. The molecule has 0 aliphatic heterocycles. The third-order valence-corrected chi connectivity index (χ3v) is 5.68. The molecule has 0 aliphatic rings. The van der Waals surface area contributed by atoms with Crippen molar-refractivity contribution in [2.75, 3.05) is 12.9 Å². The lowest BCUT2D eigenvalue weighted by Gasteiger charge is -2.39. The topological polar surface area (TPSA) is 42.4 Å². The average molecular weight is 323 g/mol. The number of ether oxygens (including phenoxy) is 1. The number of thioether (sulfide) groups is 1. The maximum absolute atomic E-state index is 11.2. The van der Waals surface area contributed by atoms with Gasteiger partial charge in [0.15, 0.2) is 0 Å². The minimum Gasteiger partial charge on any atom is -0.497 e. The van der Waals surface area contributed by atoms with Crippen molar-refractivity contribution in [2.24, 2.45) is 5.41 Å². The number of aliphatic hydroxyl groups is 1. The Hall–Kier alpha value is -1.04. The smallest absolute Gasteiger partial charge is 0.118 e. The number of benzene rings is 1. The van der Waals surface area contributed by atoms with Crippen molar-refractivity contribution < 1.29 is 9.84 Å². The van der Waals surface area contributed by atoms with Gasteiger partial charge in [-0.25, -0.2) is 0 Å². The van der Waals surface area contributed by atoms with E-state index in [1.54, 1.807) is 30.6 Å². The molecule has 0 amide bonds. The van der Waals surface area contributed by atoms with E-state index in [0.717, 1.165) is 15.5 Å². The Kier molecular flexibility index (Phi) is 4.96. The van der Waals surface area contributed by atoms with Gasteiger partial charge in [0.25, 0.3) is 0 Å². The minimum absolute atomic E-state index is 0.265. The second-order valence-corrected chi connectivity index (χ2v) is 7.88. The van der Waals surface area contributed by atoms with Crippen LogP contribution in [-0.2, 0) is 5.60 Å². The number of thiazole rings is 1. The van der Waals surface area contributed by atoms with Gasteiger partial charge in [-0.2, -0.15) is 0 Å². The lowest BCUT2D eigenvalue weighted by molar-refractivity contribution is -0.0392. The summed E-state index contributed by atoms with van der Waals surface area (Å²) in [6, 6.07) is 7.90. The van der Waals surface area contributed by atoms with Gasteiger partial charge >= 0.3 is 0 Å². The van der Waals surface area contributed by atoms with Crippen LogP contribution in [0.25, 0.3) is 0 Å². The summed E-state index contributed by atoms with van der Waals surface area (Å²) in [5.41, 5.74) is 0.599. The van der Waals surface area contributed by atoms with E-state index in [9.17, 15) is 5.11 Å². The highest BCUT2D eigenvalue weighted by Gasteiger charge is 2.42. The molecule has 1 atom stereocenters. The number of methoxy groups -OCH3 is 1. The van der Waals surface area contributed by atoms with E-state index < -0.39 is 5.60 Å². The molecule has 2 rings (SSSR count). The molecule has 1 unspecified atom stereocenters. The van der Waals surface area contributed by atoms with E-state index in [4.69, 9.17) is 4.74 Å². The molecular formula is C16H21NO2S2. The Labute approximate surface area is 134 Å². The number of hydrogen-bond donors (Lipinski definition) is 1. The Morgan fingerprint density at radius 3 is 2.38 bits per heavy atom. The van der Waals surface area contributed by atoms with Crippen molar-refractivity contribution in [2.45, 2.75) is 31.3 Å². The second kappa shape index (κ2) is 6.38. The van der Waals surface area contributed by atoms with Crippen molar-refractivity contribution in [3.8, 4) is 5.75 Å². The lowest BCUT2D eigenvalue weighted by Crippen LogP contribution is -2.41. The zero-order valence-electron chi connectivity index (χ0n) is 12.8. The van der Waals surface area contributed by atoms with Crippen LogP contribution in [-0.4, -0.2) is 23.0 Å². The second-order valence-electron chi connectivity index (χ2n) is 5.94. The van der Waals surface area contributed by atoms with Crippen molar-refractivity contribution >= 4 is 23.1 Å². The molecule has 1 aromatic carbocycles. The molecule has 0 radical (unpaired) electrons. The van der Waals surface area contributed by atoms with Crippen LogP contribution in [0.15, 0.2) is 40.9 Å². The first-order chi connectivity index (χ1) is 9.87. The van der Waals surface area contributed by atoms with Crippen molar-refractivity contribution in [3.05, 3.63) is 40.8 Å². The first kappa shape index (κ1) is 16.3. The van der Waals surface area contributed by atoms with Gasteiger partial charge in [0, 0.05) is 16.8 Å². The average Bonchev–Trinajstić information content (AvgIpc) is 2.98. The van der Waals surface area contributed by atoms with Crippen LogP contribution in [0.5, 0.6) is 5.75 Å². The minimum atomic E-state index is -0.904. The molecule has 0 aliphatic carbocycles. The highest BCUT2D eigenvalue weighted by molar-refractivity contribution is 7.99. The highest BCUT2D eigenvalue weighted by Crippen LogP contribution is 2.44. The maximum Gasteiger partial charge on any atom is 0.118 e. The predicted molar refractivity (Wildman–Crippen MR) is 89.2 cm³/mol. The lowest BCUT2D eigenvalue weighted by atomic mass is 9.77. The van der Waals surface area contributed by atoms with Crippen LogP contribution < -0.4 is 4.74 Å². The van der Waals surface area contributed by atoms with E-state index in [1.807, 2.05) is 24.3 Å². The summed E-state index contributed by atoms with van der Waals surface area (Å²) in [4.78, 5) is 6.14. The SMILES string of the molecule is COc1ccc(SCC(O)(c2cncs2)C(C)(C)C)cc1. The summed E-state index contributed by atoms with van der Waals surface area (Å²) < 4.78 is 5.16. The first-order valence-electron chi connectivity index (χ1n) is 6.75. The Morgan fingerprint density at radius 2 is 1.90 bits per heavy atom. The Balaban J connectivity index is 2.16. The van der Waals surface area contributed by atoms with Gasteiger partial charge in [-0.1, -0.05) is 20.8 Å². The Bertz CT molecular complexity index is 561. The molecule has 0 spiro atoms. The standard InChI is InChI=1S/C16H21NO2S2/c1-15(2,3)16(18,14-9-17-11-21-14)10-20-13-7-5-12(19-4)6-8-13/h5-9,11,18H,10H2,1-4H3. The fourth-order valence-corrected chi connectivity index (χ4v) is 4.25.